The molecule has 1 N–H and O–H groups in total. The van der Waals surface area contributed by atoms with Crippen molar-refractivity contribution in [2.45, 2.75) is 116 Å². The van der Waals surface area contributed by atoms with Crippen molar-refractivity contribution in [1.29, 1.82) is 0 Å². The number of amides is 2. The molecule has 4 aliphatic heterocycles. The third-order valence-corrected chi connectivity index (χ3v) is 18.6. The van der Waals surface area contributed by atoms with Gasteiger partial charge in [-0.3, -0.25) is 9.69 Å². The van der Waals surface area contributed by atoms with Crippen LogP contribution in [0.5, 0.6) is 17.2 Å². The third-order valence-electron chi connectivity index (χ3n) is 14.3. The van der Waals surface area contributed by atoms with Crippen molar-refractivity contribution < 1.29 is 33.3 Å². The van der Waals surface area contributed by atoms with Gasteiger partial charge in [-0.15, -0.1) is 0 Å². The number of aromatic nitrogens is 1. The highest BCUT2D eigenvalue weighted by atomic mass is 28.4. The Morgan fingerprint density at radius 3 is 2.15 bits per heavy atom. The van der Waals surface area contributed by atoms with Crippen molar-refractivity contribution in [3.8, 4) is 28.5 Å². The van der Waals surface area contributed by atoms with Crippen LogP contribution in [0.25, 0.3) is 11.3 Å². The van der Waals surface area contributed by atoms with E-state index in [9.17, 15) is 9.90 Å². The van der Waals surface area contributed by atoms with Gasteiger partial charge in [-0.2, -0.15) is 0 Å². The number of ether oxygens (including phenoxy) is 3. The van der Waals surface area contributed by atoms with E-state index in [0.29, 0.717) is 62.8 Å². The zero-order valence-electron chi connectivity index (χ0n) is 40.5. The van der Waals surface area contributed by atoms with Crippen LogP contribution in [0.2, 0.25) is 18.1 Å². The number of aliphatic hydroxyl groups is 1. The minimum atomic E-state index is -2.07. The lowest BCUT2D eigenvalue weighted by Gasteiger charge is -2.42. The van der Waals surface area contributed by atoms with Gasteiger partial charge in [0.05, 0.1) is 5.56 Å². The standard InChI is InChI=1S/C54H67N5O7Si/c1-53(2,3)65-52(62)56-28-26-55(27-29-56)35-41-30-37-16-12-13-17-38(37)34-58(41)50(60)44-33-49-48(63-36-64-49)32-43(44)47-31-45(46-20-14-15-25-57(46)47)51(61)59(39-18-10-9-11-19-39)40-21-23-42(24-22-40)66-67(7,8)54(4,5)6/h9-13,16-19,21-24,31-33,41,51,61H,14-15,20,25-30,34-36H2,1-8H3/t41-,51?/m0/s1. The molecule has 4 aromatic carbocycles. The van der Waals surface area contributed by atoms with Crippen LogP contribution in [0.3, 0.4) is 0 Å². The number of carbonyl (C=O) groups is 2. The molecule has 0 radical (unpaired) electrons. The number of fused-ring (bicyclic) bond motifs is 3. The minimum absolute atomic E-state index is 0.0510. The zero-order chi connectivity index (χ0) is 47.3. The van der Waals surface area contributed by atoms with Crippen LogP contribution in [-0.4, -0.2) is 95.9 Å². The number of piperazine rings is 1. The molecule has 9 rings (SSSR count). The van der Waals surface area contributed by atoms with E-state index in [1.165, 1.54) is 5.56 Å². The van der Waals surface area contributed by atoms with E-state index < -0.39 is 20.1 Å². The fraction of sp³-hybridized carbons (Fsp3) is 0.444. The third kappa shape index (κ3) is 9.69. The number of carbonyl (C=O) groups excluding carboxylic acids is 2. The number of rotatable bonds is 10. The number of hydrogen-bond acceptors (Lipinski definition) is 9. The fourth-order valence-electron chi connectivity index (χ4n) is 9.65. The Balaban J connectivity index is 1.06. The largest absolute Gasteiger partial charge is 0.544 e. The second kappa shape index (κ2) is 18.4. The second-order valence-electron chi connectivity index (χ2n) is 21.1. The highest BCUT2D eigenvalue weighted by Crippen LogP contribution is 2.45. The first-order valence-corrected chi connectivity index (χ1v) is 26.9. The van der Waals surface area contributed by atoms with E-state index in [1.807, 2.05) is 103 Å². The van der Waals surface area contributed by atoms with E-state index in [-0.39, 0.29) is 29.9 Å². The van der Waals surface area contributed by atoms with Crippen molar-refractivity contribution in [3.63, 3.8) is 0 Å². The van der Waals surface area contributed by atoms with Crippen molar-refractivity contribution in [1.82, 2.24) is 19.3 Å². The summed E-state index contributed by atoms with van der Waals surface area (Å²) in [6.45, 7) is 21.3. The molecule has 4 aliphatic rings. The Morgan fingerprint density at radius 2 is 1.46 bits per heavy atom. The molecule has 0 aliphatic carbocycles. The van der Waals surface area contributed by atoms with Crippen LogP contribution in [-0.2, 0) is 30.7 Å². The Morgan fingerprint density at radius 1 is 0.806 bits per heavy atom. The molecular formula is C54H67N5O7Si. The summed E-state index contributed by atoms with van der Waals surface area (Å²) in [5.41, 5.74) is 7.51. The Labute approximate surface area is 397 Å². The van der Waals surface area contributed by atoms with Gasteiger partial charge in [0.15, 0.2) is 17.7 Å². The lowest BCUT2D eigenvalue weighted by Crippen LogP contribution is -2.55. The van der Waals surface area contributed by atoms with E-state index in [1.54, 1.807) is 4.90 Å². The molecule has 0 bridgehead atoms. The van der Waals surface area contributed by atoms with E-state index >= 15 is 4.79 Å². The lowest BCUT2D eigenvalue weighted by molar-refractivity contribution is 0.0116. The molecule has 2 amide bonds. The first kappa shape index (κ1) is 46.4. The summed E-state index contributed by atoms with van der Waals surface area (Å²) in [5.74, 6) is 1.87. The minimum Gasteiger partial charge on any atom is -0.544 e. The van der Waals surface area contributed by atoms with Crippen LogP contribution in [0.1, 0.15) is 93.4 Å². The van der Waals surface area contributed by atoms with Crippen LogP contribution in [0.15, 0.2) is 97.1 Å². The van der Waals surface area contributed by atoms with Crippen LogP contribution in [0, 0.1) is 0 Å². The average Bonchev–Trinajstić information content (AvgIpc) is 3.93. The second-order valence-corrected chi connectivity index (χ2v) is 25.8. The van der Waals surface area contributed by atoms with Crippen LogP contribution < -0.4 is 18.8 Å². The summed E-state index contributed by atoms with van der Waals surface area (Å²) >= 11 is 0. The number of hydrogen-bond donors (Lipinski definition) is 1. The molecule has 0 saturated carbocycles. The number of anilines is 2. The molecule has 12 nitrogen and oxygen atoms in total. The molecule has 1 aromatic heterocycles. The molecular weight excluding hydrogens is 859 g/mol. The summed E-state index contributed by atoms with van der Waals surface area (Å²) in [6, 6.07) is 32.3. The molecule has 0 spiro atoms. The smallest absolute Gasteiger partial charge is 0.410 e. The van der Waals surface area contributed by atoms with Crippen molar-refractivity contribution in [2.24, 2.45) is 0 Å². The number of benzene rings is 4. The summed E-state index contributed by atoms with van der Waals surface area (Å²) in [5, 5.41) is 12.9. The molecule has 1 unspecified atom stereocenters. The van der Waals surface area contributed by atoms with Crippen molar-refractivity contribution in [2.75, 3.05) is 44.4 Å². The monoisotopic (exact) mass is 925 g/mol. The van der Waals surface area contributed by atoms with Gasteiger partial charge in [0.25, 0.3) is 5.91 Å². The summed E-state index contributed by atoms with van der Waals surface area (Å²) in [4.78, 5) is 36.7. The van der Waals surface area contributed by atoms with Gasteiger partial charge in [-0.05, 0) is 130 Å². The van der Waals surface area contributed by atoms with Crippen LogP contribution >= 0.6 is 0 Å². The van der Waals surface area contributed by atoms with Gasteiger partial charge in [0.1, 0.15) is 11.4 Å². The zero-order valence-corrected chi connectivity index (χ0v) is 41.5. The molecule has 1 fully saturated rings. The first-order valence-electron chi connectivity index (χ1n) is 24.0. The molecule has 354 valence electrons. The van der Waals surface area contributed by atoms with E-state index in [2.05, 4.69) is 67.6 Å². The maximum atomic E-state index is 15.6. The number of para-hydroxylation sites is 1. The SMILES string of the molecule is CC(C)(C)OC(=O)N1CCN(C[C@@H]2Cc3ccccc3CN2C(=O)c2cc3c(cc2-c2cc(C(O)N(c4ccccc4)c4ccc(O[Si](C)(C)C(C)(C)C)cc4)c4n2CCCC4)OCO3)CC1. The molecule has 2 atom stereocenters. The molecule has 5 heterocycles. The van der Waals surface area contributed by atoms with Crippen molar-refractivity contribution >= 4 is 31.7 Å². The number of aliphatic hydroxyl groups excluding tert-OH is 1. The summed E-state index contributed by atoms with van der Waals surface area (Å²) in [6.07, 6.45) is 2.13. The van der Waals surface area contributed by atoms with Gasteiger partial charge >= 0.3 is 6.09 Å². The molecule has 5 aromatic rings. The topological polar surface area (TPSA) is 109 Å². The fourth-order valence-corrected chi connectivity index (χ4v) is 10.7. The maximum absolute atomic E-state index is 15.6. The first-order chi connectivity index (χ1) is 31.9. The highest BCUT2D eigenvalue weighted by molar-refractivity contribution is 6.74. The Kier molecular flexibility index (Phi) is 12.7. The number of nitrogens with zero attached hydrogens (tertiary/aromatic N) is 5. The lowest BCUT2D eigenvalue weighted by atomic mass is 9.92. The Hall–Kier alpha value is -5.76. The van der Waals surface area contributed by atoms with Gasteiger partial charge in [0.2, 0.25) is 15.1 Å². The molecule has 1 saturated heterocycles. The predicted molar refractivity (Wildman–Crippen MR) is 265 cm³/mol. The summed E-state index contributed by atoms with van der Waals surface area (Å²) in [7, 11) is -2.07. The maximum Gasteiger partial charge on any atom is 0.410 e. The predicted octanol–water partition coefficient (Wildman–Crippen LogP) is 10.6. The summed E-state index contributed by atoms with van der Waals surface area (Å²) < 4.78 is 26.6. The van der Waals surface area contributed by atoms with Gasteiger partial charge in [-0.1, -0.05) is 63.2 Å². The molecule has 67 heavy (non-hydrogen) atoms. The normalized spacial score (nSPS) is 18.0. The quantitative estimate of drug-likeness (QED) is 0.108. The van der Waals surface area contributed by atoms with Gasteiger partial charge in [0, 0.05) is 85.7 Å². The van der Waals surface area contributed by atoms with Crippen LogP contribution in [0.4, 0.5) is 16.2 Å². The highest BCUT2D eigenvalue weighted by Gasteiger charge is 2.40. The van der Waals surface area contributed by atoms with E-state index in [4.69, 9.17) is 18.6 Å². The Bertz CT molecular complexity index is 2590. The van der Waals surface area contributed by atoms with E-state index in [0.717, 1.165) is 71.0 Å². The van der Waals surface area contributed by atoms with Gasteiger partial charge < -0.3 is 43.0 Å². The molecule has 13 heteroatoms. The van der Waals surface area contributed by atoms with Crippen molar-refractivity contribution in [3.05, 3.63) is 125 Å². The van der Waals surface area contributed by atoms with Gasteiger partial charge in [-0.25, -0.2) is 4.79 Å². The average molecular weight is 926 g/mol.